The molecule has 0 aliphatic rings. The summed E-state index contributed by atoms with van der Waals surface area (Å²) in [7, 11) is 1.57. The van der Waals surface area contributed by atoms with Crippen molar-refractivity contribution >= 4 is 43.9 Å². The van der Waals surface area contributed by atoms with Gasteiger partial charge in [-0.05, 0) is 42.4 Å². The number of hydrogen-bond donors (Lipinski definition) is 1. The average Bonchev–Trinajstić information content (AvgIpc) is 3.41. The van der Waals surface area contributed by atoms with Crippen LogP contribution in [0.15, 0.2) is 59.4 Å². The van der Waals surface area contributed by atoms with Crippen molar-refractivity contribution < 1.29 is 18.9 Å². The van der Waals surface area contributed by atoms with Gasteiger partial charge in [0.1, 0.15) is 17.5 Å². The number of aryl methyl sites for hydroxylation is 1. The van der Waals surface area contributed by atoms with Crippen molar-refractivity contribution in [2.75, 3.05) is 12.4 Å². The molecule has 0 saturated heterocycles. The molecule has 0 radical (unpaired) electrons. The maximum atomic E-state index is 12.5. The summed E-state index contributed by atoms with van der Waals surface area (Å²) < 4.78 is 11.5. The van der Waals surface area contributed by atoms with E-state index in [-0.39, 0.29) is 10.1 Å². The standard InChI is InChI=1S/C23H19N3O5S/c1-13(9-19(27)25-23-24-11-20(32-23)26(28)29)16-10-17-18(15-7-5-4-6-8-15)12-31-22(17)14(2)21(16)30-3/h4-12H,1-3H3,(H,24,25,27)/b13-9+. The molecule has 4 rings (SSSR count). The number of benzene rings is 2. The Balaban J connectivity index is 1.73. The molecule has 0 bridgehead atoms. The highest BCUT2D eigenvalue weighted by molar-refractivity contribution is 7.18. The first-order valence-corrected chi connectivity index (χ1v) is 10.4. The molecule has 9 heteroatoms. The molecule has 0 aliphatic heterocycles. The number of thiazole rings is 1. The lowest BCUT2D eigenvalue weighted by atomic mass is 9.96. The van der Waals surface area contributed by atoms with Crippen LogP contribution in [0.1, 0.15) is 18.1 Å². The van der Waals surface area contributed by atoms with Crippen molar-refractivity contribution in [3.05, 3.63) is 76.2 Å². The zero-order valence-corrected chi connectivity index (χ0v) is 18.4. The normalized spacial score (nSPS) is 11.5. The molecule has 0 fully saturated rings. The fourth-order valence-corrected chi connectivity index (χ4v) is 4.17. The molecule has 0 saturated carbocycles. The highest BCUT2D eigenvalue weighted by Crippen LogP contribution is 2.40. The topological polar surface area (TPSA) is 108 Å². The molecule has 162 valence electrons. The van der Waals surface area contributed by atoms with E-state index < -0.39 is 10.8 Å². The van der Waals surface area contributed by atoms with Crippen LogP contribution in [0.2, 0.25) is 0 Å². The third-order valence-corrected chi connectivity index (χ3v) is 5.87. The first kappa shape index (κ1) is 21.3. The zero-order valence-electron chi connectivity index (χ0n) is 17.5. The number of carbonyl (C=O) groups excluding carboxylic acids is 1. The number of furan rings is 1. The van der Waals surface area contributed by atoms with E-state index in [0.717, 1.165) is 50.8 Å². The van der Waals surface area contributed by atoms with Gasteiger partial charge in [-0.3, -0.25) is 20.2 Å². The van der Waals surface area contributed by atoms with Gasteiger partial charge in [0, 0.05) is 28.2 Å². The zero-order chi connectivity index (χ0) is 22.8. The van der Waals surface area contributed by atoms with Crippen molar-refractivity contribution in [3.8, 4) is 16.9 Å². The van der Waals surface area contributed by atoms with Gasteiger partial charge >= 0.3 is 5.00 Å². The van der Waals surface area contributed by atoms with Crippen molar-refractivity contribution in [2.45, 2.75) is 13.8 Å². The van der Waals surface area contributed by atoms with Crippen molar-refractivity contribution in [2.24, 2.45) is 0 Å². The number of amides is 1. The van der Waals surface area contributed by atoms with Crippen LogP contribution in [0.5, 0.6) is 5.75 Å². The van der Waals surface area contributed by atoms with E-state index in [0.29, 0.717) is 11.3 Å². The first-order valence-electron chi connectivity index (χ1n) is 9.63. The number of nitrogens with one attached hydrogen (secondary N) is 1. The number of anilines is 1. The summed E-state index contributed by atoms with van der Waals surface area (Å²) in [5, 5.41) is 14.3. The highest BCUT2D eigenvalue weighted by Gasteiger charge is 2.19. The number of fused-ring (bicyclic) bond motifs is 1. The Bertz CT molecular complexity index is 1350. The van der Waals surface area contributed by atoms with Gasteiger partial charge in [-0.1, -0.05) is 30.3 Å². The third-order valence-electron chi connectivity index (χ3n) is 5.01. The minimum Gasteiger partial charge on any atom is -0.496 e. The summed E-state index contributed by atoms with van der Waals surface area (Å²) in [5.74, 6) is 0.167. The molecule has 2 aromatic heterocycles. The van der Waals surface area contributed by atoms with E-state index in [4.69, 9.17) is 9.15 Å². The number of allylic oxidation sites excluding steroid dienone is 1. The quantitative estimate of drug-likeness (QED) is 0.226. The fourth-order valence-electron chi connectivity index (χ4n) is 3.54. The fraction of sp³-hybridized carbons (Fsp3) is 0.130. The number of aromatic nitrogens is 1. The summed E-state index contributed by atoms with van der Waals surface area (Å²) in [6.45, 7) is 3.71. The Kier molecular flexibility index (Phi) is 5.74. The molecular weight excluding hydrogens is 430 g/mol. The molecule has 1 amide bonds. The van der Waals surface area contributed by atoms with E-state index in [9.17, 15) is 14.9 Å². The van der Waals surface area contributed by atoms with Crippen LogP contribution in [0.4, 0.5) is 10.1 Å². The average molecular weight is 449 g/mol. The molecule has 0 spiro atoms. The van der Waals surface area contributed by atoms with Crippen LogP contribution in [-0.2, 0) is 4.79 Å². The van der Waals surface area contributed by atoms with Crippen LogP contribution < -0.4 is 10.1 Å². The van der Waals surface area contributed by atoms with E-state index in [1.165, 1.54) is 6.08 Å². The maximum Gasteiger partial charge on any atom is 0.345 e. The van der Waals surface area contributed by atoms with Gasteiger partial charge in [-0.2, -0.15) is 0 Å². The largest absolute Gasteiger partial charge is 0.496 e. The maximum absolute atomic E-state index is 12.5. The molecular formula is C23H19N3O5S. The highest BCUT2D eigenvalue weighted by atomic mass is 32.1. The number of carbonyl (C=O) groups is 1. The second kappa shape index (κ2) is 8.64. The molecule has 2 aromatic carbocycles. The summed E-state index contributed by atoms with van der Waals surface area (Å²) in [4.78, 5) is 26.6. The molecule has 8 nitrogen and oxygen atoms in total. The summed E-state index contributed by atoms with van der Waals surface area (Å²) in [6, 6.07) is 11.8. The van der Waals surface area contributed by atoms with Crippen LogP contribution in [0.3, 0.4) is 0 Å². The lowest BCUT2D eigenvalue weighted by Gasteiger charge is -2.13. The van der Waals surface area contributed by atoms with Crippen LogP contribution >= 0.6 is 11.3 Å². The third kappa shape index (κ3) is 3.97. The van der Waals surface area contributed by atoms with Gasteiger partial charge in [0.05, 0.1) is 18.3 Å². The number of nitrogens with zero attached hydrogens (tertiary/aromatic N) is 2. The monoisotopic (exact) mass is 449 g/mol. The Morgan fingerprint density at radius 3 is 2.72 bits per heavy atom. The number of rotatable bonds is 6. The smallest absolute Gasteiger partial charge is 0.345 e. The van der Waals surface area contributed by atoms with Crippen LogP contribution in [0, 0.1) is 17.0 Å². The van der Waals surface area contributed by atoms with Crippen molar-refractivity contribution in [3.63, 3.8) is 0 Å². The van der Waals surface area contributed by atoms with Gasteiger partial charge in [-0.25, -0.2) is 4.98 Å². The Morgan fingerprint density at radius 2 is 2.06 bits per heavy atom. The molecule has 0 aliphatic carbocycles. The van der Waals surface area contributed by atoms with Crippen molar-refractivity contribution in [1.29, 1.82) is 0 Å². The predicted octanol–water partition coefficient (Wildman–Crippen LogP) is 5.82. The van der Waals surface area contributed by atoms with Crippen LogP contribution in [-0.4, -0.2) is 22.9 Å². The number of nitro groups is 1. The number of ether oxygens (including phenoxy) is 1. The summed E-state index contributed by atoms with van der Waals surface area (Å²) in [5.41, 5.74) is 4.92. The van der Waals surface area contributed by atoms with E-state index >= 15 is 0 Å². The molecule has 2 heterocycles. The summed E-state index contributed by atoms with van der Waals surface area (Å²) in [6.07, 6.45) is 4.25. The van der Waals surface area contributed by atoms with Gasteiger partial charge in [0.25, 0.3) is 0 Å². The minimum absolute atomic E-state index is 0.142. The lowest BCUT2D eigenvalue weighted by Crippen LogP contribution is -2.08. The SMILES string of the molecule is COc1c(/C(C)=C/C(=O)Nc2ncc([N+](=O)[O-])s2)cc2c(-c3ccccc3)coc2c1C. The second-order valence-electron chi connectivity index (χ2n) is 7.05. The van der Waals surface area contributed by atoms with E-state index in [1.807, 2.05) is 43.3 Å². The summed E-state index contributed by atoms with van der Waals surface area (Å²) >= 11 is 0.796. The molecule has 1 N–H and O–H groups in total. The Hall–Kier alpha value is -3.98. The van der Waals surface area contributed by atoms with E-state index in [2.05, 4.69) is 10.3 Å². The molecule has 0 atom stereocenters. The van der Waals surface area contributed by atoms with Gasteiger partial charge in [-0.15, -0.1) is 0 Å². The molecule has 4 aromatic rings. The Morgan fingerprint density at radius 1 is 1.31 bits per heavy atom. The first-order chi connectivity index (χ1) is 15.4. The second-order valence-corrected chi connectivity index (χ2v) is 8.06. The predicted molar refractivity (Wildman–Crippen MR) is 124 cm³/mol. The van der Waals surface area contributed by atoms with E-state index in [1.54, 1.807) is 20.3 Å². The molecule has 32 heavy (non-hydrogen) atoms. The van der Waals surface area contributed by atoms with Crippen LogP contribution in [0.25, 0.3) is 27.7 Å². The number of hydrogen-bond acceptors (Lipinski definition) is 7. The minimum atomic E-state index is -0.549. The van der Waals surface area contributed by atoms with Gasteiger partial charge in [0.15, 0.2) is 5.13 Å². The van der Waals surface area contributed by atoms with Gasteiger partial charge in [0.2, 0.25) is 5.91 Å². The van der Waals surface area contributed by atoms with Gasteiger partial charge < -0.3 is 9.15 Å². The van der Waals surface area contributed by atoms with Crippen molar-refractivity contribution in [1.82, 2.24) is 4.98 Å². The Labute approximate surface area is 187 Å². The number of methoxy groups -OCH3 is 1. The molecule has 0 unspecified atom stereocenters. The lowest BCUT2D eigenvalue weighted by molar-refractivity contribution is -0.380.